The van der Waals surface area contributed by atoms with Crippen LogP contribution in [0.5, 0.6) is 0 Å². The number of carbonyl (C=O) groups is 2. The van der Waals surface area contributed by atoms with Gasteiger partial charge in [0, 0.05) is 13.0 Å². The van der Waals surface area contributed by atoms with E-state index in [1.807, 2.05) is 0 Å². The van der Waals surface area contributed by atoms with Gasteiger partial charge in [0.1, 0.15) is 5.54 Å². The van der Waals surface area contributed by atoms with Crippen LogP contribution in [0, 0.1) is 0 Å². The van der Waals surface area contributed by atoms with Gasteiger partial charge in [-0.3, -0.25) is 4.79 Å². The van der Waals surface area contributed by atoms with Gasteiger partial charge in [0.2, 0.25) is 5.91 Å². The lowest BCUT2D eigenvalue weighted by molar-refractivity contribution is -0.147. The second-order valence-corrected chi connectivity index (χ2v) is 5.00. The van der Waals surface area contributed by atoms with Crippen LogP contribution in [0.1, 0.15) is 39.5 Å². The van der Waals surface area contributed by atoms with Crippen LogP contribution in [0.3, 0.4) is 0 Å². The molecule has 1 saturated heterocycles. The molecule has 1 aliphatic heterocycles. The van der Waals surface area contributed by atoms with Crippen molar-refractivity contribution in [2.45, 2.75) is 51.2 Å². The van der Waals surface area contributed by atoms with E-state index in [2.05, 4.69) is 5.32 Å². The summed E-state index contributed by atoms with van der Waals surface area (Å²) in [4.78, 5) is 22.7. The first-order valence-corrected chi connectivity index (χ1v) is 6.71. The molecule has 0 bridgehead atoms. The molecule has 1 heterocycles. The Morgan fingerprint density at radius 1 is 1.53 bits per heavy atom. The molecule has 0 aliphatic carbocycles. The minimum atomic E-state index is -1.20. The summed E-state index contributed by atoms with van der Waals surface area (Å²) in [7, 11) is 0. The highest BCUT2D eigenvalue weighted by Crippen LogP contribution is 2.12. The van der Waals surface area contributed by atoms with E-state index in [0.717, 1.165) is 19.4 Å². The van der Waals surface area contributed by atoms with E-state index in [4.69, 9.17) is 14.6 Å². The van der Waals surface area contributed by atoms with Gasteiger partial charge in [-0.1, -0.05) is 6.92 Å². The lowest BCUT2D eigenvalue weighted by Gasteiger charge is -2.24. The predicted octanol–water partition coefficient (Wildman–Crippen LogP) is 0.942. The van der Waals surface area contributed by atoms with E-state index >= 15 is 0 Å². The molecule has 2 N–H and O–H groups in total. The van der Waals surface area contributed by atoms with Gasteiger partial charge in [0.25, 0.3) is 0 Å². The molecule has 2 unspecified atom stereocenters. The molecule has 1 amide bonds. The van der Waals surface area contributed by atoms with Crippen molar-refractivity contribution >= 4 is 11.9 Å². The minimum Gasteiger partial charge on any atom is -0.480 e. The third-order valence-corrected chi connectivity index (χ3v) is 3.40. The molecule has 0 radical (unpaired) electrons. The second kappa shape index (κ2) is 7.45. The SMILES string of the molecule is CCC(C)(NC(=O)CCOCC1CCCO1)C(=O)O. The molecule has 0 aromatic rings. The molecular formula is C13H23NO5. The van der Waals surface area contributed by atoms with Crippen LogP contribution < -0.4 is 5.32 Å². The molecular weight excluding hydrogens is 250 g/mol. The first kappa shape index (κ1) is 15.9. The molecule has 6 heteroatoms. The summed E-state index contributed by atoms with van der Waals surface area (Å²) in [6.07, 6.45) is 2.70. The van der Waals surface area contributed by atoms with Crippen LogP contribution in [0.25, 0.3) is 0 Å². The van der Waals surface area contributed by atoms with E-state index < -0.39 is 11.5 Å². The maximum absolute atomic E-state index is 11.6. The number of aliphatic carboxylic acids is 1. The molecule has 0 spiro atoms. The summed E-state index contributed by atoms with van der Waals surface area (Å²) in [5.74, 6) is -1.33. The molecule has 0 saturated carbocycles. The fraction of sp³-hybridized carbons (Fsp3) is 0.846. The number of hydrogen-bond acceptors (Lipinski definition) is 4. The molecule has 110 valence electrons. The molecule has 0 aromatic heterocycles. The van der Waals surface area contributed by atoms with Gasteiger partial charge in [-0.25, -0.2) is 4.79 Å². The first-order valence-electron chi connectivity index (χ1n) is 6.71. The topological polar surface area (TPSA) is 84.9 Å². The number of hydrogen-bond donors (Lipinski definition) is 2. The average molecular weight is 273 g/mol. The van der Waals surface area contributed by atoms with E-state index in [-0.39, 0.29) is 25.0 Å². The van der Waals surface area contributed by atoms with Crippen LogP contribution in [0.4, 0.5) is 0 Å². The lowest BCUT2D eigenvalue weighted by atomic mass is 9.99. The van der Waals surface area contributed by atoms with Gasteiger partial charge in [-0.2, -0.15) is 0 Å². The van der Waals surface area contributed by atoms with Crippen molar-refractivity contribution in [3.8, 4) is 0 Å². The van der Waals surface area contributed by atoms with Gasteiger partial charge < -0.3 is 19.9 Å². The van der Waals surface area contributed by atoms with Gasteiger partial charge in [0.15, 0.2) is 0 Å². The van der Waals surface area contributed by atoms with Gasteiger partial charge in [-0.05, 0) is 26.2 Å². The lowest BCUT2D eigenvalue weighted by Crippen LogP contribution is -2.51. The summed E-state index contributed by atoms with van der Waals surface area (Å²) in [6, 6.07) is 0. The molecule has 2 atom stereocenters. The van der Waals surface area contributed by atoms with Crippen molar-refractivity contribution in [1.82, 2.24) is 5.32 Å². The Bertz CT molecular complexity index is 314. The largest absolute Gasteiger partial charge is 0.480 e. The quantitative estimate of drug-likeness (QED) is 0.643. The Morgan fingerprint density at radius 2 is 2.26 bits per heavy atom. The first-order chi connectivity index (χ1) is 8.98. The Balaban J connectivity index is 2.18. The van der Waals surface area contributed by atoms with Crippen LogP contribution in [-0.4, -0.2) is 48.4 Å². The minimum absolute atomic E-state index is 0.142. The summed E-state index contributed by atoms with van der Waals surface area (Å²) in [5, 5.41) is 11.6. The van der Waals surface area contributed by atoms with Crippen molar-refractivity contribution in [2.24, 2.45) is 0 Å². The summed E-state index contributed by atoms with van der Waals surface area (Å²) in [5.41, 5.74) is -1.20. The maximum atomic E-state index is 11.6. The van der Waals surface area contributed by atoms with Crippen molar-refractivity contribution in [3.63, 3.8) is 0 Å². The third kappa shape index (κ3) is 5.16. The number of ether oxygens (including phenoxy) is 2. The van der Waals surface area contributed by atoms with Gasteiger partial charge >= 0.3 is 5.97 Å². The molecule has 1 aliphatic rings. The summed E-state index contributed by atoms with van der Waals surface area (Å²) in [6.45, 7) is 4.78. The Kier molecular flexibility index (Phi) is 6.24. The molecule has 0 aromatic carbocycles. The van der Waals surface area contributed by atoms with E-state index in [9.17, 15) is 9.59 Å². The average Bonchev–Trinajstić information content (AvgIpc) is 2.87. The highest BCUT2D eigenvalue weighted by atomic mass is 16.5. The van der Waals surface area contributed by atoms with Crippen LogP contribution in [-0.2, 0) is 19.1 Å². The molecule has 1 rings (SSSR count). The normalized spacial score (nSPS) is 21.9. The third-order valence-electron chi connectivity index (χ3n) is 3.40. The number of rotatable bonds is 8. The highest BCUT2D eigenvalue weighted by molar-refractivity contribution is 5.86. The van der Waals surface area contributed by atoms with Crippen molar-refractivity contribution in [3.05, 3.63) is 0 Å². The fourth-order valence-electron chi connectivity index (χ4n) is 1.82. The van der Waals surface area contributed by atoms with E-state index in [1.54, 1.807) is 6.92 Å². The highest BCUT2D eigenvalue weighted by Gasteiger charge is 2.32. The number of carboxylic acid groups (broad SMARTS) is 1. The smallest absolute Gasteiger partial charge is 0.329 e. The Labute approximate surface area is 113 Å². The number of carbonyl (C=O) groups excluding carboxylic acids is 1. The van der Waals surface area contributed by atoms with Crippen LogP contribution in [0.15, 0.2) is 0 Å². The zero-order valence-corrected chi connectivity index (χ0v) is 11.6. The molecule has 19 heavy (non-hydrogen) atoms. The molecule has 1 fully saturated rings. The van der Waals surface area contributed by atoms with Gasteiger partial charge in [-0.15, -0.1) is 0 Å². The van der Waals surface area contributed by atoms with Crippen molar-refractivity contribution in [2.75, 3.05) is 19.8 Å². The second-order valence-electron chi connectivity index (χ2n) is 5.00. The molecule has 6 nitrogen and oxygen atoms in total. The zero-order chi connectivity index (χ0) is 14.3. The van der Waals surface area contributed by atoms with Crippen LogP contribution >= 0.6 is 0 Å². The monoisotopic (exact) mass is 273 g/mol. The predicted molar refractivity (Wildman–Crippen MR) is 68.9 cm³/mol. The maximum Gasteiger partial charge on any atom is 0.329 e. The Morgan fingerprint density at radius 3 is 2.79 bits per heavy atom. The number of nitrogens with one attached hydrogen (secondary N) is 1. The summed E-state index contributed by atoms with van der Waals surface area (Å²) < 4.78 is 10.7. The number of carboxylic acids is 1. The van der Waals surface area contributed by atoms with Crippen molar-refractivity contribution < 1.29 is 24.2 Å². The summed E-state index contributed by atoms with van der Waals surface area (Å²) >= 11 is 0. The standard InChI is InChI=1S/C13H23NO5/c1-3-13(2,12(16)17)14-11(15)6-8-18-9-10-5-4-7-19-10/h10H,3-9H2,1-2H3,(H,14,15)(H,16,17). The van der Waals surface area contributed by atoms with E-state index in [1.165, 1.54) is 6.92 Å². The van der Waals surface area contributed by atoms with Gasteiger partial charge in [0.05, 0.1) is 19.3 Å². The number of amides is 1. The fourth-order valence-corrected chi connectivity index (χ4v) is 1.82. The van der Waals surface area contributed by atoms with Crippen molar-refractivity contribution in [1.29, 1.82) is 0 Å². The van der Waals surface area contributed by atoms with E-state index in [0.29, 0.717) is 13.0 Å². The van der Waals surface area contributed by atoms with Crippen LogP contribution in [0.2, 0.25) is 0 Å². The Hall–Kier alpha value is -1.14. The zero-order valence-electron chi connectivity index (χ0n) is 11.6.